The lowest BCUT2D eigenvalue weighted by molar-refractivity contribution is 0.200. The van der Waals surface area contributed by atoms with Gasteiger partial charge in [0.15, 0.2) is 0 Å². The van der Waals surface area contributed by atoms with Gasteiger partial charge in [-0.25, -0.2) is 4.79 Å². The lowest BCUT2D eigenvalue weighted by atomic mass is 10.4. The van der Waals surface area contributed by atoms with Gasteiger partial charge in [-0.1, -0.05) is 0 Å². The van der Waals surface area contributed by atoms with Gasteiger partial charge < -0.3 is 14.8 Å². The van der Waals surface area contributed by atoms with Gasteiger partial charge in [0.1, 0.15) is 0 Å². The van der Waals surface area contributed by atoms with E-state index in [1.165, 1.54) is 14.2 Å². The third-order valence-electron chi connectivity index (χ3n) is 2.62. The summed E-state index contributed by atoms with van der Waals surface area (Å²) in [5, 5.41) is 2.70. The number of nitrogens with one attached hydrogen (secondary N) is 1. The normalized spacial score (nSPS) is 14.0. The molecule has 1 aromatic rings. The van der Waals surface area contributed by atoms with E-state index in [0.29, 0.717) is 11.9 Å². The predicted octanol–water partition coefficient (Wildman–Crippen LogP) is 2.08. The Morgan fingerprint density at radius 3 is 2.57 bits per heavy atom. The third-order valence-corrected chi connectivity index (χ3v) is 3.59. The first-order valence-corrected chi connectivity index (χ1v) is 7.42. The van der Waals surface area contributed by atoms with Crippen LogP contribution in [0, 0.1) is 0 Å². The molecule has 1 aliphatic carbocycles. The number of carbonyl (C=O) groups is 1. The van der Waals surface area contributed by atoms with Gasteiger partial charge in [-0.3, -0.25) is 4.31 Å². The molecule has 1 aromatic heterocycles. The van der Waals surface area contributed by atoms with Crippen molar-refractivity contribution in [3.05, 3.63) is 0 Å². The fraction of sp³-hybridized carbons (Fsp3) is 0.667. The highest BCUT2D eigenvalue weighted by molar-refractivity contribution is 8.14. The molecule has 0 aliphatic heterocycles. The molecule has 1 fully saturated rings. The van der Waals surface area contributed by atoms with Crippen molar-refractivity contribution >= 4 is 29.1 Å². The first-order chi connectivity index (χ1) is 10.0. The first-order valence-electron chi connectivity index (χ1n) is 6.65. The van der Waals surface area contributed by atoms with Crippen molar-refractivity contribution in [2.24, 2.45) is 0 Å². The molecule has 2 rings (SSSR count). The van der Waals surface area contributed by atoms with Crippen LogP contribution in [0.5, 0.6) is 6.01 Å². The van der Waals surface area contributed by atoms with E-state index < -0.39 is 5.30 Å². The van der Waals surface area contributed by atoms with Crippen LogP contribution in [-0.2, 0) is 4.74 Å². The van der Waals surface area contributed by atoms with Gasteiger partial charge in [-0.2, -0.15) is 15.0 Å². The van der Waals surface area contributed by atoms with Gasteiger partial charge in [0.2, 0.25) is 11.9 Å². The molecule has 8 nitrogen and oxygen atoms in total. The molecule has 1 heterocycles. The van der Waals surface area contributed by atoms with E-state index in [0.717, 1.165) is 24.8 Å². The number of carbonyl (C=O) groups excluding carboxylic acids is 1. The van der Waals surface area contributed by atoms with Gasteiger partial charge in [0.05, 0.1) is 26.2 Å². The summed E-state index contributed by atoms with van der Waals surface area (Å²) in [6.45, 7) is 3.97. The summed E-state index contributed by atoms with van der Waals surface area (Å²) in [5.74, 6) is 0.811. The zero-order valence-electron chi connectivity index (χ0n) is 12.5. The quantitative estimate of drug-likeness (QED) is 0.626. The van der Waals surface area contributed by atoms with Gasteiger partial charge in [0.25, 0.3) is 0 Å². The molecule has 0 bridgehead atoms. The summed E-state index contributed by atoms with van der Waals surface area (Å²) in [7, 11) is 2.84. The monoisotopic (exact) mass is 313 g/mol. The van der Waals surface area contributed by atoms with Crippen LogP contribution in [-0.4, -0.2) is 46.6 Å². The highest BCUT2D eigenvalue weighted by Gasteiger charge is 2.34. The van der Waals surface area contributed by atoms with Gasteiger partial charge in [-0.05, 0) is 26.7 Å². The SMILES string of the molecule is COC(=O)SN(c1nc(NC(C)C)nc(OC)n1)C1CC1. The van der Waals surface area contributed by atoms with E-state index in [9.17, 15) is 4.79 Å². The van der Waals surface area contributed by atoms with Crippen molar-refractivity contribution < 1.29 is 14.3 Å². The molecular formula is C12H19N5O3S. The molecule has 0 radical (unpaired) electrons. The first kappa shape index (κ1) is 15.6. The second-order valence-corrected chi connectivity index (χ2v) is 5.76. The van der Waals surface area contributed by atoms with Gasteiger partial charge in [-0.15, -0.1) is 0 Å². The summed E-state index contributed by atoms with van der Waals surface area (Å²) in [5.41, 5.74) is 0. The van der Waals surface area contributed by atoms with Gasteiger partial charge >= 0.3 is 11.3 Å². The minimum atomic E-state index is -0.403. The Bertz CT molecular complexity index is 510. The Kier molecular flexibility index (Phi) is 5.05. The molecule has 21 heavy (non-hydrogen) atoms. The van der Waals surface area contributed by atoms with Crippen molar-refractivity contribution in [3.8, 4) is 6.01 Å². The van der Waals surface area contributed by atoms with Gasteiger partial charge in [0, 0.05) is 12.1 Å². The maximum Gasteiger partial charge on any atom is 0.388 e. The standard InChI is InChI=1S/C12H19N5O3S/c1-7(2)13-9-14-10(16-11(15-9)19-3)17(8-5-6-8)21-12(18)20-4/h7-8H,5-6H2,1-4H3,(H,13,14,15,16). The Labute approximate surface area is 127 Å². The van der Waals surface area contributed by atoms with Crippen molar-refractivity contribution in [2.75, 3.05) is 23.8 Å². The molecule has 0 saturated heterocycles. The summed E-state index contributed by atoms with van der Waals surface area (Å²) < 4.78 is 11.6. The molecule has 9 heteroatoms. The predicted molar refractivity (Wildman–Crippen MR) is 80.6 cm³/mol. The average molecular weight is 313 g/mol. The second kappa shape index (κ2) is 6.79. The van der Waals surface area contributed by atoms with Crippen LogP contribution in [0.25, 0.3) is 0 Å². The topological polar surface area (TPSA) is 89.5 Å². The number of methoxy groups -OCH3 is 2. The molecule has 0 aromatic carbocycles. The highest BCUT2D eigenvalue weighted by atomic mass is 32.2. The summed E-state index contributed by atoms with van der Waals surface area (Å²) >= 11 is 0.951. The van der Waals surface area contributed by atoms with Crippen LogP contribution in [0.3, 0.4) is 0 Å². The van der Waals surface area contributed by atoms with Crippen LogP contribution < -0.4 is 14.4 Å². The van der Waals surface area contributed by atoms with Crippen LogP contribution in [0.15, 0.2) is 0 Å². The maximum atomic E-state index is 11.5. The molecule has 0 unspecified atom stereocenters. The van der Waals surface area contributed by atoms with Crippen molar-refractivity contribution in [2.45, 2.75) is 38.8 Å². The van der Waals surface area contributed by atoms with Crippen molar-refractivity contribution in [3.63, 3.8) is 0 Å². The van der Waals surface area contributed by atoms with Crippen LogP contribution >= 0.6 is 11.9 Å². The van der Waals surface area contributed by atoms with Crippen molar-refractivity contribution in [1.29, 1.82) is 0 Å². The number of rotatable bonds is 6. The van der Waals surface area contributed by atoms with E-state index in [-0.39, 0.29) is 18.1 Å². The molecule has 0 atom stereocenters. The molecule has 1 aliphatic rings. The van der Waals surface area contributed by atoms with E-state index in [1.54, 1.807) is 4.31 Å². The number of nitrogens with zero attached hydrogens (tertiary/aromatic N) is 4. The Morgan fingerprint density at radius 2 is 2.05 bits per heavy atom. The third kappa shape index (κ3) is 4.35. The number of aromatic nitrogens is 3. The van der Waals surface area contributed by atoms with Crippen molar-refractivity contribution in [1.82, 2.24) is 15.0 Å². The van der Waals surface area contributed by atoms with E-state index in [2.05, 4.69) is 20.3 Å². The van der Waals surface area contributed by atoms with E-state index in [4.69, 9.17) is 9.47 Å². The molecule has 1 saturated carbocycles. The maximum absolute atomic E-state index is 11.5. The lowest BCUT2D eigenvalue weighted by Gasteiger charge is -2.20. The minimum Gasteiger partial charge on any atom is -0.467 e. The average Bonchev–Trinajstić information content (AvgIpc) is 3.27. The number of ether oxygens (including phenoxy) is 2. The Hall–Kier alpha value is -1.77. The summed E-state index contributed by atoms with van der Waals surface area (Å²) in [6.07, 6.45) is 1.98. The highest BCUT2D eigenvalue weighted by Crippen LogP contribution is 2.36. The smallest absolute Gasteiger partial charge is 0.388 e. The van der Waals surface area contributed by atoms with Crippen LogP contribution in [0.4, 0.5) is 16.7 Å². The molecule has 1 N–H and O–H groups in total. The molecule has 0 spiro atoms. The largest absolute Gasteiger partial charge is 0.467 e. The van der Waals surface area contributed by atoms with E-state index >= 15 is 0 Å². The Morgan fingerprint density at radius 1 is 1.33 bits per heavy atom. The number of hydrogen-bond acceptors (Lipinski definition) is 9. The fourth-order valence-corrected chi connectivity index (χ4v) is 2.32. The summed E-state index contributed by atoms with van der Waals surface area (Å²) in [4.78, 5) is 24.2. The van der Waals surface area contributed by atoms with E-state index in [1.807, 2.05) is 13.8 Å². The zero-order valence-corrected chi connectivity index (χ0v) is 13.3. The van der Waals surface area contributed by atoms with Crippen LogP contribution in [0.1, 0.15) is 26.7 Å². The van der Waals surface area contributed by atoms with Crippen LogP contribution in [0.2, 0.25) is 0 Å². The zero-order chi connectivity index (χ0) is 15.4. The molecule has 116 valence electrons. The minimum absolute atomic E-state index is 0.174. The lowest BCUT2D eigenvalue weighted by Crippen LogP contribution is -2.23. The fourth-order valence-electron chi connectivity index (χ4n) is 1.56. The number of anilines is 2. The molecular weight excluding hydrogens is 294 g/mol. The second-order valence-electron chi connectivity index (χ2n) is 4.85. The Balaban J connectivity index is 2.27. The number of hydrogen-bond donors (Lipinski definition) is 1. The summed E-state index contributed by atoms with van der Waals surface area (Å²) in [6, 6.07) is 0.611. The molecule has 0 amide bonds.